The zero-order chi connectivity index (χ0) is 32.2. The highest BCUT2D eigenvalue weighted by molar-refractivity contribution is 6.08. The summed E-state index contributed by atoms with van der Waals surface area (Å²) >= 11 is 0. The molecule has 0 unspecified atom stereocenters. The van der Waals surface area contributed by atoms with Crippen molar-refractivity contribution in [2.24, 2.45) is 0 Å². The van der Waals surface area contributed by atoms with Crippen molar-refractivity contribution in [1.29, 1.82) is 0 Å². The van der Waals surface area contributed by atoms with Gasteiger partial charge in [0.25, 0.3) is 0 Å². The molecule has 47 heavy (non-hydrogen) atoms. The van der Waals surface area contributed by atoms with Gasteiger partial charge >= 0.3 is 0 Å². The van der Waals surface area contributed by atoms with Crippen molar-refractivity contribution in [3.05, 3.63) is 180 Å². The summed E-state index contributed by atoms with van der Waals surface area (Å²) in [4.78, 5) is 2.42. The average Bonchev–Trinajstić information content (AvgIpc) is 3.44. The number of rotatable bonds is 6. The predicted octanol–water partition coefficient (Wildman–Crippen LogP) is 10.3. The van der Waals surface area contributed by atoms with E-state index in [2.05, 4.69) is 189 Å². The molecule has 0 radical (unpaired) electrons. The molecule has 2 aliphatic rings. The van der Waals surface area contributed by atoms with Crippen LogP contribution in [0.1, 0.15) is 36.1 Å². The Morgan fingerprint density at radius 1 is 0.596 bits per heavy atom. The normalized spacial score (nSPS) is 21.4. The highest BCUT2D eigenvalue weighted by atomic mass is 15.2. The zero-order valence-electron chi connectivity index (χ0n) is 27.7. The molecule has 230 valence electrons. The highest BCUT2D eigenvalue weighted by Crippen LogP contribution is 2.52. The van der Waals surface area contributed by atoms with Crippen molar-refractivity contribution in [3.63, 3.8) is 0 Å². The molecule has 0 amide bonds. The second-order valence-corrected chi connectivity index (χ2v) is 13.8. The topological polar surface area (TPSA) is 6.25 Å². The van der Waals surface area contributed by atoms with Crippen molar-refractivity contribution in [3.8, 4) is 0 Å². The minimum Gasteiger partial charge on any atom is -0.347 e. The minimum atomic E-state index is -0.199. The van der Waals surface area contributed by atoms with Gasteiger partial charge in [0, 0.05) is 41.6 Å². The second kappa shape index (κ2) is 11.2. The van der Waals surface area contributed by atoms with Gasteiger partial charge in [-0.1, -0.05) is 121 Å². The molecule has 0 fully saturated rings. The minimum absolute atomic E-state index is 0.199. The molecule has 0 saturated carbocycles. The molecule has 0 aromatic heterocycles. The van der Waals surface area contributed by atoms with Crippen molar-refractivity contribution in [2.75, 3.05) is 19.0 Å². The van der Waals surface area contributed by atoms with Crippen LogP contribution in [0.15, 0.2) is 157 Å². The van der Waals surface area contributed by atoms with Crippen LogP contribution in [0, 0.1) is 0 Å². The number of likely N-dealkylation sites (N-methyl/N-ethyl adjacent to an activating group) is 1. The van der Waals surface area contributed by atoms with Gasteiger partial charge in [-0.05, 0) is 83.1 Å². The van der Waals surface area contributed by atoms with Crippen molar-refractivity contribution >= 4 is 38.6 Å². The molecule has 0 bridgehead atoms. The van der Waals surface area contributed by atoms with Crippen LogP contribution in [0.2, 0.25) is 0 Å². The van der Waals surface area contributed by atoms with Crippen LogP contribution in [0.3, 0.4) is 0 Å². The van der Waals surface area contributed by atoms with E-state index in [9.17, 15) is 0 Å². The fourth-order valence-electron chi connectivity index (χ4n) is 8.68. The Balaban J connectivity index is 1.26. The Bertz CT molecular complexity index is 2240. The summed E-state index contributed by atoms with van der Waals surface area (Å²) in [6, 6.07) is 48.8. The Labute approximate surface area is 278 Å². The summed E-state index contributed by atoms with van der Waals surface area (Å²) in [5.41, 5.74) is 10.4. The lowest BCUT2D eigenvalue weighted by atomic mass is 9.73. The van der Waals surface area contributed by atoms with Gasteiger partial charge in [0.2, 0.25) is 5.69 Å². The summed E-state index contributed by atoms with van der Waals surface area (Å²) in [7, 11) is 4.47. The van der Waals surface area contributed by atoms with Gasteiger partial charge in [0.15, 0.2) is 5.71 Å². The van der Waals surface area contributed by atoms with Crippen LogP contribution in [-0.4, -0.2) is 24.4 Å². The maximum absolute atomic E-state index is 2.44. The van der Waals surface area contributed by atoms with E-state index in [0.717, 1.165) is 12.8 Å². The quantitative estimate of drug-likeness (QED) is 0.170. The van der Waals surface area contributed by atoms with Crippen molar-refractivity contribution < 1.29 is 4.58 Å². The Hall–Kier alpha value is -5.21. The smallest absolute Gasteiger partial charge is 0.210 e. The third-order valence-corrected chi connectivity index (χ3v) is 10.8. The van der Waals surface area contributed by atoms with Gasteiger partial charge < -0.3 is 4.90 Å². The summed E-state index contributed by atoms with van der Waals surface area (Å²) < 4.78 is 2.42. The number of hydrogen-bond donors (Lipinski definition) is 0. The highest BCUT2D eigenvalue weighted by Gasteiger charge is 2.48. The number of hydrogen-bond acceptors (Lipinski definition) is 1. The summed E-state index contributed by atoms with van der Waals surface area (Å²) in [5.74, 6) is 0. The van der Waals surface area contributed by atoms with E-state index in [1.54, 1.807) is 0 Å². The molecule has 0 aliphatic carbocycles. The van der Waals surface area contributed by atoms with Crippen LogP contribution in [-0.2, 0) is 23.7 Å². The van der Waals surface area contributed by atoms with E-state index in [4.69, 9.17) is 0 Å². The molecule has 0 spiro atoms. The maximum Gasteiger partial charge on any atom is 0.210 e. The van der Waals surface area contributed by atoms with Crippen LogP contribution in [0.4, 0.5) is 11.4 Å². The summed E-state index contributed by atoms with van der Waals surface area (Å²) in [6.45, 7) is 4.87. The first kappa shape index (κ1) is 29.2. The number of nitrogens with zero attached hydrogens (tertiary/aromatic N) is 2. The molecular formula is C45H41N2+. The lowest BCUT2D eigenvalue weighted by molar-refractivity contribution is -0.401. The van der Waals surface area contributed by atoms with Gasteiger partial charge in [-0.15, -0.1) is 0 Å². The third-order valence-electron chi connectivity index (χ3n) is 10.8. The Morgan fingerprint density at radius 3 is 1.77 bits per heavy atom. The van der Waals surface area contributed by atoms with Gasteiger partial charge in [-0.3, -0.25) is 0 Å². The number of benzene rings is 6. The van der Waals surface area contributed by atoms with Crippen molar-refractivity contribution in [2.45, 2.75) is 37.5 Å². The number of allylic oxidation sites excluding steroid dienone is 4. The number of anilines is 1. The van der Waals surface area contributed by atoms with Crippen molar-refractivity contribution in [1.82, 2.24) is 0 Å². The molecule has 6 aromatic rings. The van der Waals surface area contributed by atoms with E-state index >= 15 is 0 Å². The second-order valence-electron chi connectivity index (χ2n) is 13.8. The fraction of sp³-hybridized carbons (Fsp3) is 0.178. The molecular weight excluding hydrogens is 569 g/mol. The van der Waals surface area contributed by atoms with E-state index in [1.165, 1.54) is 66.6 Å². The standard InChI is InChI=1S/C45H41N2/c1-44(30-32-16-7-5-8-17-32)40(46(3)38-28-26-34-20-11-13-22-36(34)42(38)44)24-15-25-41-45(2,31-33-18-9-6-10-19-33)43-37-23-14-12-21-35(37)27-29-39(43)47(41)4/h5-29H,30-31H2,1-4H3/q+1/t44-,45-/m0/s1. The molecule has 2 aliphatic heterocycles. The average molecular weight is 610 g/mol. The van der Waals surface area contributed by atoms with Crippen LogP contribution < -0.4 is 4.90 Å². The monoisotopic (exact) mass is 609 g/mol. The van der Waals surface area contributed by atoms with Crippen LogP contribution in [0.25, 0.3) is 21.5 Å². The third kappa shape index (κ3) is 4.66. The SMILES string of the molecule is CN1/C(=C/C=C\C2=[N+](C)c3ccc4ccccc4c3[C@@]2(C)Cc2ccccc2)[C@](C)(Cc2ccccc2)c2c1ccc1ccccc21. The summed E-state index contributed by atoms with van der Waals surface area (Å²) in [5, 5.41) is 5.26. The van der Waals surface area contributed by atoms with Gasteiger partial charge in [-0.2, -0.15) is 4.58 Å². The van der Waals surface area contributed by atoms with E-state index in [0.29, 0.717) is 0 Å². The number of fused-ring (bicyclic) bond motifs is 6. The molecule has 2 heterocycles. The first-order chi connectivity index (χ1) is 22.9. The molecule has 2 atom stereocenters. The lowest BCUT2D eigenvalue weighted by Gasteiger charge is -2.29. The lowest BCUT2D eigenvalue weighted by Crippen LogP contribution is -2.33. The first-order valence-corrected chi connectivity index (χ1v) is 16.7. The molecule has 0 saturated heterocycles. The van der Waals surface area contributed by atoms with E-state index in [1.807, 2.05) is 0 Å². The zero-order valence-corrected chi connectivity index (χ0v) is 27.7. The van der Waals surface area contributed by atoms with Gasteiger partial charge in [0.05, 0.1) is 5.41 Å². The molecule has 8 rings (SSSR count). The van der Waals surface area contributed by atoms with Crippen LogP contribution in [0.5, 0.6) is 0 Å². The van der Waals surface area contributed by atoms with Crippen LogP contribution >= 0.6 is 0 Å². The molecule has 6 aromatic carbocycles. The summed E-state index contributed by atoms with van der Waals surface area (Å²) in [6.07, 6.45) is 8.93. The van der Waals surface area contributed by atoms with Gasteiger partial charge in [-0.25, -0.2) is 0 Å². The Kier molecular flexibility index (Phi) is 6.99. The molecule has 0 N–H and O–H groups in total. The predicted molar refractivity (Wildman–Crippen MR) is 199 cm³/mol. The maximum atomic E-state index is 2.44. The largest absolute Gasteiger partial charge is 0.347 e. The first-order valence-electron chi connectivity index (χ1n) is 16.7. The van der Waals surface area contributed by atoms with Gasteiger partial charge in [0.1, 0.15) is 7.05 Å². The molecule has 2 nitrogen and oxygen atoms in total. The Morgan fingerprint density at radius 2 is 1.13 bits per heavy atom. The van der Waals surface area contributed by atoms with E-state index < -0.39 is 0 Å². The molecule has 2 heteroatoms. The van der Waals surface area contributed by atoms with E-state index in [-0.39, 0.29) is 10.8 Å². The fourth-order valence-corrected chi connectivity index (χ4v) is 8.68.